The van der Waals surface area contributed by atoms with Gasteiger partial charge in [-0.25, -0.2) is 4.79 Å². The van der Waals surface area contributed by atoms with E-state index in [1.165, 1.54) is 0 Å². The van der Waals surface area contributed by atoms with Crippen LogP contribution in [-0.4, -0.2) is 76.3 Å². The summed E-state index contributed by atoms with van der Waals surface area (Å²) in [6.07, 6.45) is -0.407. The quantitative estimate of drug-likeness (QED) is 0.137. The Bertz CT molecular complexity index is 616. The molecular weight excluding hydrogens is 406 g/mol. The lowest BCUT2D eigenvalue weighted by atomic mass is 10.0. The molecule has 0 saturated heterocycles. The van der Waals surface area contributed by atoms with Crippen molar-refractivity contribution in [3.63, 3.8) is 0 Å². The molecule has 0 aliphatic carbocycles. The van der Waals surface area contributed by atoms with Crippen LogP contribution in [0, 0.1) is 5.92 Å². The molecular formula is C16H29N5O7S. The van der Waals surface area contributed by atoms with E-state index in [2.05, 4.69) is 28.6 Å². The van der Waals surface area contributed by atoms with E-state index in [0.717, 1.165) is 0 Å². The maximum atomic E-state index is 12.6. The molecule has 29 heavy (non-hydrogen) atoms. The molecule has 166 valence electrons. The topological polar surface area (TPSA) is 214 Å². The van der Waals surface area contributed by atoms with Crippen LogP contribution in [0.2, 0.25) is 0 Å². The Morgan fingerprint density at radius 3 is 1.83 bits per heavy atom. The molecule has 4 atom stereocenters. The Balaban J connectivity index is 5.21. The minimum Gasteiger partial charge on any atom is -0.480 e. The Labute approximate surface area is 173 Å². The fraction of sp³-hybridized carbons (Fsp3) is 0.688. The number of amides is 4. The molecule has 0 spiro atoms. The maximum absolute atomic E-state index is 12.6. The van der Waals surface area contributed by atoms with E-state index in [1.54, 1.807) is 0 Å². The summed E-state index contributed by atoms with van der Waals surface area (Å²) >= 11 is 3.97. The van der Waals surface area contributed by atoms with Gasteiger partial charge in [0.2, 0.25) is 23.6 Å². The number of carboxylic acids is 1. The number of carbonyl (C=O) groups excluding carboxylic acids is 4. The van der Waals surface area contributed by atoms with Crippen LogP contribution >= 0.6 is 12.6 Å². The van der Waals surface area contributed by atoms with Gasteiger partial charge >= 0.3 is 5.97 Å². The summed E-state index contributed by atoms with van der Waals surface area (Å²) in [7, 11) is 0. The molecule has 0 aromatic rings. The highest BCUT2D eigenvalue weighted by Gasteiger charge is 2.30. The van der Waals surface area contributed by atoms with Crippen LogP contribution in [0.5, 0.6) is 0 Å². The Hall–Kier alpha value is -2.38. The third-order valence-electron chi connectivity index (χ3n) is 3.71. The molecule has 9 N–H and O–H groups in total. The number of hydrogen-bond acceptors (Lipinski definition) is 8. The van der Waals surface area contributed by atoms with E-state index in [4.69, 9.17) is 21.7 Å². The van der Waals surface area contributed by atoms with E-state index < -0.39 is 66.8 Å². The lowest BCUT2D eigenvalue weighted by Gasteiger charge is -2.25. The van der Waals surface area contributed by atoms with Crippen molar-refractivity contribution in [1.29, 1.82) is 0 Å². The first-order valence-corrected chi connectivity index (χ1v) is 9.45. The fourth-order valence-corrected chi connectivity index (χ4v) is 2.46. The van der Waals surface area contributed by atoms with Gasteiger partial charge in [0.25, 0.3) is 0 Å². The van der Waals surface area contributed by atoms with Crippen molar-refractivity contribution in [3.8, 4) is 0 Å². The van der Waals surface area contributed by atoms with Crippen molar-refractivity contribution in [2.75, 3.05) is 12.4 Å². The van der Waals surface area contributed by atoms with Crippen LogP contribution in [0.25, 0.3) is 0 Å². The van der Waals surface area contributed by atoms with Gasteiger partial charge in [0.15, 0.2) is 0 Å². The first-order chi connectivity index (χ1) is 13.4. The Kier molecular flexibility index (Phi) is 11.9. The largest absolute Gasteiger partial charge is 0.480 e. The second-order valence-electron chi connectivity index (χ2n) is 6.79. The van der Waals surface area contributed by atoms with E-state index >= 15 is 0 Å². The predicted octanol–water partition coefficient (Wildman–Crippen LogP) is -3.30. The third-order valence-corrected chi connectivity index (χ3v) is 4.07. The standard InChI is InChI=1S/C16H29N5O7S/c1-7(2)3-9(19-13(24)8(17)5-22)14(25)21-11(6-29)15(26)20-10(16(27)28)4-12(18)23/h7-11,22,29H,3-6,17H2,1-2H3,(H2,18,23)(H,19,24)(H,20,26)(H,21,25)(H,27,28). The number of aliphatic hydroxyl groups is 1. The number of nitrogens with one attached hydrogen (secondary N) is 3. The van der Waals surface area contributed by atoms with Gasteiger partial charge in [-0.3, -0.25) is 19.2 Å². The minimum absolute atomic E-state index is 0.00774. The van der Waals surface area contributed by atoms with Crippen LogP contribution in [0.15, 0.2) is 0 Å². The van der Waals surface area contributed by atoms with Crippen molar-refractivity contribution in [2.24, 2.45) is 17.4 Å². The fourth-order valence-electron chi connectivity index (χ4n) is 2.20. The molecule has 12 nitrogen and oxygen atoms in total. The zero-order chi connectivity index (χ0) is 22.7. The van der Waals surface area contributed by atoms with Gasteiger partial charge < -0.3 is 37.6 Å². The van der Waals surface area contributed by atoms with Gasteiger partial charge in [-0.2, -0.15) is 12.6 Å². The molecule has 0 bridgehead atoms. The van der Waals surface area contributed by atoms with Crippen LogP contribution in [0.1, 0.15) is 26.7 Å². The highest BCUT2D eigenvalue weighted by Crippen LogP contribution is 2.06. The van der Waals surface area contributed by atoms with Gasteiger partial charge in [-0.15, -0.1) is 0 Å². The lowest BCUT2D eigenvalue weighted by Crippen LogP contribution is -2.58. The zero-order valence-corrected chi connectivity index (χ0v) is 17.1. The number of carboxylic acid groups (broad SMARTS) is 1. The molecule has 0 heterocycles. The summed E-state index contributed by atoms with van der Waals surface area (Å²) < 4.78 is 0. The van der Waals surface area contributed by atoms with Crippen LogP contribution < -0.4 is 27.4 Å². The van der Waals surface area contributed by atoms with Gasteiger partial charge in [-0.05, 0) is 12.3 Å². The molecule has 0 aromatic heterocycles. The number of primary amides is 1. The van der Waals surface area contributed by atoms with Gasteiger partial charge in [-0.1, -0.05) is 13.8 Å². The third kappa shape index (κ3) is 10.1. The van der Waals surface area contributed by atoms with Crippen molar-refractivity contribution < 1.29 is 34.2 Å². The summed E-state index contributed by atoms with van der Waals surface area (Å²) in [5.41, 5.74) is 10.4. The summed E-state index contributed by atoms with van der Waals surface area (Å²) in [5, 5.41) is 24.9. The molecule has 4 unspecified atom stereocenters. The molecule has 0 aliphatic heterocycles. The number of aliphatic carboxylic acids is 1. The molecule has 0 saturated carbocycles. The number of hydrogen-bond donors (Lipinski definition) is 8. The highest BCUT2D eigenvalue weighted by atomic mass is 32.1. The van der Waals surface area contributed by atoms with Crippen LogP contribution in [0.4, 0.5) is 0 Å². The summed E-state index contributed by atoms with van der Waals surface area (Å²) in [5.74, 6) is -4.93. The normalized spacial score (nSPS) is 15.0. The second kappa shape index (κ2) is 13.0. The molecule has 13 heteroatoms. The van der Waals surface area contributed by atoms with E-state index in [1.807, 2.05) is 13.8 Å². The van der Waals surface area contributed by atoms with Crippen molar-refractivity contribution >= 4 is 42.2 Å². The van der Waals surface area contributed by atoms with Gasteiger partial charge in [0, 0.05) is 5.75 Å². The Morgan fingerprint density at radius 2 is 1.41 bits per heavy atom. The summed E-state index contributed by atoms with van der Waals surface area (Å²) in [6.45, 7) is 3.00. The minimum atomic E-state index is -1.56. The summed E-state index contributed by atoms with van der Waals surface area (Å²) in [6, 6.07) is -5.06. The first kappa shape index (κ1) is 26.6. The molecule has 0 aromatic carbocycles. The molecule has 0 fully saturated rings. The first-order valence-electron chi connectivity index (χ1n) is 8.82. The average Bonchev–Trinajstić information content (AvgIpc) is 2.62. The predicted molar refractivity (Wildman–Crippen MR) is 106 cm³/mol. The second-order valence-corrected chi connectivity index (χ2v) is 7.16. The lowest BCUT2D eigenvalue weighted by molar-refractivity contribution is -0.143. The van der Waals surface area contributed by atoms with Crippen molar-refractivity contribution in [2.45, 2.75) is 50.9 Å². The molecule has 0 rings (SSSR count). The summed E-state index contributed by atoms with van der Waals surface area (Å²) in [4.78, 5) is 58.8. The number of thiol groups is 1. The number of aliphatic hydroxyl groups excluding tert-OH is 1. The number of rotatable bonds is 13. The molecule has 4 amide bonds. The van der Waals surface area contributed by atoms with Crippen molar-refractivity contribution in [1.82, 2.24) is 16.0 Å². The average molecular weight is 436 g/mol. The monoisotopic (exact) mass is 435 g/mol. The zero-order valence-electron chi connectivity index (χ0n) is 16.3. The van der Waals surface area contributed by atoms with E-state index in [-0.39, 0.29) is 18.1 Å². The SMILES string of the molecule is CC(C)CC(NC(=O)C(N)CO)C(=O)NC(CS)C(=O)NC(CC(N)=O)C(=O)O. The molecule has 0 aliphatic rings. The van der Waals surface area contributed by atoms with Crippen LogP contribution in [-0.2, 0) is 24.0 Å². The van der Waals surface area contributed by atoms with Gasteiger partial charge in [0.05, 0.1) is 13.0 Å². The maximum Gasteiger partial charge on any atom is 0.326 e. The van der Waals surface area contributed by atoms with E-state index in [0.29, 0.717) is 0 Å². The number of carbonyl (C=O) groups is 5. The highest BCUT2D eigenvalue weighted by molar-refractivity contribution is 7.80. The van der Waals surface area contributed by atoms with Gasteiger partial charge in [0.1, 0.15) is 24.2 Å². The van der Waals surface area contributed by atoms with Crippen molar-refractivity contribution in [3.05, 3.63) is 0 Å². The van der Waals surface area contributed by atoms with E-state index in [9.17, 15) is 24.0 Å². The number of nitrogens with two attached hydrogens (primary N) is 2. The molecule has 0 radical (unpaired) electrons. The Morgan fingerprint density at radius 1 is 0.931 bits per heavy atom. The van der Waals surface area contributed by atoms with Crippen LogP contribution in [0.3, 0.4) is 0 Å². The smallest absolute Gasteiger partial charge is 0.326 e.